The SMILES string of the molecule is C.CS(=O)(=O)OCCCCO.CS(=O)[O-]. The fourth-order valence-electron chi connectivity index (χ4n) is 0.424. The van der Waals surface area contributed by atoms with Crippen LogP contribution in [0.4, 0.5) is 0 Å². The van der Waals surface area contributed by atoms with Gasteiger partial charge in [-0.25, -0.2) is 0 Å². The van der Waals surface area contributed by atoms with E-state index < -0.39 is 21.2 Å². The third-order valence-electron chi connectivity index (χ3n) is 0.850. The first-order valence-electron chi connectivity index (χ1n) is 3.75. The van der Waals surface area contributed by atoms with Crippen LogP contribution >= 0.6 is 0 Å². The van der Waals surface area contributed by atoms with Crippen molar-refractivity contribution in [3.8, 4) is 0 Å². The minimum absolute atomic E-state index is 0. The molecule has 1 unspecified atom stereocenters. The molecule has 0 heterocycles. The van der Waals surface area contributed by atoms with Crippen molar-refractivity contribution in [2.24, 2.45) is 0 Å². The molecule has 0 saturated heterocycles. The van der Waals surface area contributed by atoms with Gasteiger partial charge in [0.05, 0.1) is 12.9 Å². The molecule has 8 heteroatoms. The van der Waals surface area contributed by atoms with Crippen molar-refractivity contribution in [3.05, 3.63) is 0 Å². The lowest BCUT2D eigenvalue weighted by Crippen LogP contribution is -2.04. The van der Waals surface area contributed by atoms with Crippen LogP contribution in [0.15, 0.2) is 0 Å². The smallest absolute Gasteiger partial charge is 0.264 e. The molecule has 0 fully saturated rings. The molecule has 15 heavy (non-hydrogen) atoms. The fraction of sp³-hybridized carbons (Fsp3) is 1.00. The Morgan fingerprint density at radius 2 is 1.80 bits per heavy atom. The van der Waals surface area contributed by atoms with Crippen LogP contribution in [0.5, 0.6) is 0 Å². The average molecular weight is 263 g/mol. The molecule has 6 nitrogen and oxygen atoms in total. The van der Waals surface area contributed by atoms with Gasteiger partial charge in [0, 0.05) is 6.61 Å². The molecule has 0 aliphatic heterocycles. The monoisotopic (exact) mass is 263 g/mol. The Morgan fingerprint density at radius 3 is 2.07 bits per heavy atom. The van der Waals surface area contributed by atoms with Crippen molar-refractivity contribution in [2.45, 2.75) is 20.3 Å². The van der Waals surface area contributed by atoms with Crippen LogP contribution < -0.4 is 0 Å². The molecule has 0 aromatic carbocycles. The summed E-state index contributed by atoms with van der Waals surface area (Å²) in [5, 5.41) is 8.29. The number of aliphatic hydroxyl groups is 1. The highest BCUT2D eigenvalue weighted by atomic mass is 32.2. The molecule has 0 aliphatic rings. The van der Waals surface area contributed by atoms with Gasteiger partial charge in [-0.1, -0.05) is 18.5 Å². The summed E-state index contributed by atoms with van der Waals surface area (Å²) in [6.45, 7) is 0.243. The summed E-state index contributed by atoms with van der Waals surface area (Å²) in [7, 11) is -3.29. The summed E-state index contributed by atoms with van der Waals surface area (Å²) in [5.74, 6) is 0. The van der Waals surface area contributed by atoms with E-state index in [9.17, 15) is 8.42 Å². The van der Waals surface area contributed by atoms with Gasteiger partial charge in [0.2, 0.25) is 0 Å². The van der Waals surface area contributed by atoms with Gasteiger partial charge >= 0.3 is 0 Å². The summed E-state index contributed by atoms with van der Waals surface area (Å²) in [6.07, 6.45) is 3.24. The first-order chi connectivity index (χ1) is 6.29. The molecule has 0 aliphatic carbocycles. The first kappa shape index (κ1) is 20.4. The van der Waals surface area contributed by atoms with Crippen molar-refractivity contribution in [2.75, 3.05) is 25.7 Å². The van der Waals surface area contributed by atoms with Crippen LogP contribution in [0.1, 0.15) is 20.3 Å². The molecule has 0 aromatic heterocycles. The zero-order chi connectivity index (χ0) is 11.6. The standard InChI is InChI=1S/C5H12O4S.CH4O2S.CH4/c1-10(7,8)9-5-3-2-4-6;1-4(2)3;/h6H,2-5H2,1H3;1H3,(H,2,3);1H4/p-1. The van der Waals surface area contributed by atoms with E-state index in [0.29, 0.717) is 12.8 Å². The number of rotatable bonds is 5. The van der Waals surface area contributed by atoms with Crippen LogP contribution in [-0.4, -0.2) is 48.0 Å². The van der Waals surface area contributed by atoms with E-state index in [1.807, 2.05) is 0 Å². The largest absolute Gasteiger partial charge is 0.773 e. The Balaban J connectivity index is -0.000000249. The zero-order valence-electron chi connectivity index (χ0n) is 8.13. The van der Waals surface area contributed by atoms with E-state index in [1.165, 1.54) is 0 Å². The van der Waals surface area contributed by atoms with Gasteiger partial charge < -0.3 is 9.66 Å². The van der Waals surface area contributed by atoms with Crippen LogP contribution in [-0.2, 0) is 25.4 Å². The molecule has 0 rings (SSSR count). The third kappa shape index (κ3) is 41.2. The van der Waals surface area contributed by atoms with Gasteiger partial charge in [0.15, 0.2) is 0 Å². The highest BCUT2D eigenvalue weighted by Gasteiger charge is 1.98. The van der Waals surface area contributed by atoms with Gasteiger partial charge in [0.25, 0.3) is 10.1 Å². The molecule has 0 amide bonds. The molecular formula is C7H19O6S2-. The Bertz CT molecular complexity index is 232. The maximum absolute atomic E-state index is 10.3. The van der Waals surface area contributed by atoms with Gasteiger partial charge in [-0.3, -0.25) is 8.39 Å². The molecule has 0 bridgehead atoms. The first-order valence-corrected chi connectivity index (χ1v) is 7.05. The predicted molar refractivity (Wildman–Crippen MR) is 58.7 cm³/mol. The Labute approximate surface area is 94.1 Å². The summed E-state index contributed by atoms with van der Waals surface area (Å²) < 4.78 is 43.0. The van der Waals surface area contributed by atoms with Gasteiger partial charge in [-0.2, -0.15) is 8.42 Å². The van der Waals surface area contributed by atoms with Crippen molar-refractivity contribution in [1.82, 2.24) is 0 Å². The normalized spacial score (nSPS) is 12.0. The number of hydrogen-bond donors (Lipinski definition) is 1. The lowest BCUT2D eigenvalue weighted by atomic mass is 10.3. The summed E-state index contributed by atoms with van der Waals surface area (Å²) >= 11 is -1.86. The quantitative estimate of drug-likeness (QED) is 0.421. The van der Waals surface area contributed by atoms with Gasteiger partial charge in [-0.15, -0.1) is 0 Å². The lowest BCUT2D eigenvalue weighted by molar-refractivity contribution is 0.256. The van der Waals surface area contributed by atoms with E-state index in [4.69, 9.17) is 13.9 Å². The second kappa shape index (κ2) is 12.1. The van der Waals surface area contributed by atoms with Crippen LogP contribution in [0.3, 0.4) is 0 Å². The molecule has 0 saturated carbocycles. The van der Waals surface area contributed by atoms with Crippen LogP contribution in [0.2, 0.25) is 0 Å². The molecule has 0 aromatic rings. The minimum Gasteiger partial charge on any atom is -0.773 e. The Morgan fingerprint density at radius 1 is 1.40 bits per heavy atom. The molecule has 1 N–H and O–H groups in total. The van der Waals surface area contributed by atoms with Crippen LogP contribution in [0.25, 0.3) is 0 Å². The second-order valence-electron chi connectivity index (χ2n) is 2.36. The second-order valence-corrected chi connectivity index (χ2v) is 4.80. The number of aliphatic hydroxyl groups excluding tert-OH is 1. The van der Waals surface area contributed by atoms with Gasteiger partial charge in [0.1, 0.15) is 0 Å². The highest BCUT2D eigenvalue weighted by molar-refractivity contribution is 7.85. The summed E-state index contributed by atoms with van der Waals surface area (Å²) in [4.78, 5) is 0. The van der Waals surface area contributed by atoms with Crippen molar-refractivity contribution in [1.29, 1.82) is 0 Å². The molecule has 0 radical (unpaired) electrons. The number of unbranched alkanes of at least 4 members (excludes halogenated alkanes) is 1. The Hall–Kier alpha value is -0.0200. The van der Waals surface area contributed by atoms with Crippen molar-refractivity contribution >= 4 is 21.2 Å². The maximum atomic E-state index is 10.3. The number of hydrogen-bond acceptors (Lipinski definition) is 6. The highest BCUT2D eigenvalue weighted by Crippen LogP contribution is 1.92. The summed E-state index contributed by atoms with van der Waals surface area (Å²) in [5.41, 5.74) is 0. The third-order valence-corrected chi connectivity index (χ3v) is 1.44. The maximum Gasteiger partial charge on any atom is 0.264 e. The van der Waals surface area contributed by atoms with Crippen molar-refractivity contribution < 1.29 is 26.5 Å². The van der Waals surface area contributed by atoms with E-state index in [1.54, 1.807) is 0 Å². The fourth-order valence-corrected chi connectivity index (χ4v) is 0.845. The lowest BCUT2D eigenvalue weighted by Gasteiger charge is -1.97. The minimum atomic E-state index is -3.29. The van der Waals surface area contributed by atoms with Gasteiger partial charge in [-0.05, 0) is 19.1 Å². The molecule has 0 spiro atoms. The predicted octanol–water partition coefficient (Wildman–Crippen LogP) is -0.133. The van der Waals surface area contributed by atoms with Crippen molar-refractivity contribution in [3.63, 3.8) is 0 Å². The van der Waals surface area contributed by atoms with E-state index >= 15 is 0 Å². The molecule has 96 valence electrons. The van der Waals surface area contributed by atoms with E-state index in [-0.39, 0.29) is 20.6 Å². The summed E-state index contributed by atoms with van der Waals surface area (Å²) in [6, 6.07) is 0. The van der Waals surface area contributed by atoms with E-state index in [2.05, 4.69) is 4.18 Å². The average Bonchev–Trinajstić information content (AvgIpc) is 1.95. The molecular weight excluding hydrogens is 244 g/mol. The zero-order valence-corrected chi connectivity index (χ0v) is 9.77. The van der Waals surface area contributed by atoms with E-state index in [0.717, 1.165) is 12.5 Å². The van der Waals surface area contributed by atoms with Crippen LogP contribution in [0, 0.1) is 0 Å². The topological polar surface area (TPSA) is 104 Å². The molecule has 1 atom stereocenters. The Kier molecular flexibility index (Phi) is 16.4.